The standard InChI is InChI=1S/C26H37N3O3S/c1-2-3-4-5-6-7-8-9-10-11-12-13-14-15-16-17-18-19-24(30)27-23-20-21-29(25(31)22-33)26(32)28-23/h3-4,6-7,9-10,12-13,15-16,20-21,25,31,33H,2,5,8,11,14,17-19,22H2,1H3,(H,27,28,30,32)/b4-3-,7-6-,10-9-,13-12-,16-15-. The third-order valence-electron chi connectivity index (χ3n) is 4.51. The van der Waals surface area contributed by atoms with Crippen molar-refractivity contribution < 1.29 is 9.90 Å². The number of amides is 1. The lowest BCUT2D eigenvalue weighted by molar-refractivity contribution is -0.116. The van der Waals surface area contributed by atoms with Crippen LogP contribution in [-0.4, -0.2) is 26.3 Å². The molecular weight excluding hydrogens is 434 g/mol. The first kappa shape index (κ1) is 28.4. The number of hydrogen-bond acceptors (Lipinski definition) is 5. The van der Waals surface area contributed by atoms with Gasteiger partial charge in [-0.2, -0.15) is 17.6 Å². The van der Waals surface area contributed by atoms with Gasteiger partial charge < -0.3 is 10.4 Å². The largest absolute Gasteiger partial charge is 0.372 e. The van der Waals surface area contributed by atoms with Crippen LogP contribution in [0.2, 0.25) is 0 Å². The van der Waals surface area contributed by atoms with E-state index in [0.717, 1.165) is 43.1 Å². The second kappa shape index (κ2) is 18.9. The zero-order chi connectivity index (χ0) is 24.2. The van der Waals surface area contributed by atoms with Gasteiger partial charge in [-0.25, -0.2) is 4.79 Å². The van der Waals surface area contributed by atoms with E-state index < -0.39 is 11.9 Å². The Morgan fingerprint density at radius 2 is 1.58 bits per heavy atom. The molecule has 1 aromatic heterocycles. The van der Waals surface area contributed by atoms with Crippen molar-refractivity contribution in [3.63, 3.8) is 0 Å². The summed E-state index contributed by atoms with van der Waals surface area (Å²) in [6.45, 7) is 2.14. The van der Waals surface area contributed by atoms with Gasteiger partial charge in [0.2, 0.25) is 5.91 Å². The fraction of sp³-hybridized carbons (Fsp3) is 0.423. The maximum Gasteiger partial charge on any atom is 0.351 e. The molecule has 1 amide bonds. The summed E-state index contributed by atoms with van der Waals surface area (Å²) in [6.07, 6.45) is 28.6. The predicted molar refractivity (Wildman–Crippen MR) is 141 cm³/mol. The number of rotatable bonds is 16. The molecule has 0 radical (unpaired) electrons. The molecule has 0 spiro atoms. The molecule has 2 N–H and O–H groups in total. The zero-order valence-corrected chi connectivity index (χ0v) is 20.4. The second-order valence-electron chi connectivity index (χ2n) is 7.31. The molecule has 1 rings (SSSR count). The number of anilines is 1. The van der Waals surface area contributed by atoms with Crippen molar-refractivity contribution >= 4 is 24.4 Å². The Balaban J connectivity index is 2.13. The van der Waals surface area contributed by atoms with Crippen molar-refractivity contribution in [3.8, 4) is 0 Å². The Hall–Kier alpha value is -2.64. The first-order valence-electron chi connectivity index (χ1n) is 11.5. The average Bonchev–Trinajstić information content (AvgIpc) is 2.80. The molecular formula is C26H37N3O3S. The first-order valence-corrected chi connectivity index (χ1v) is 12.1. The van der Waals surface area contributed by atoms with Crippen LogP contribution in [-0.2, 0) is 4.79 Å². The van der Waals surface area contributed by atoms with Gasteiger partial charge >= 0.3 is 5.69 Å². The van der Waals surface area contributed by atoms with Crippen LogP contribution >= 0.6 is 12.6 Å². The summed E-state index contributed by atoms with van der Waals surface area (Å²) >= 11 is 3.94. The van der Waals surface area contributed by atoms with Crippen molar-refractivity contribution in [2.75, 3.05) is 11.1 Å². The molecule has 0 aliphatic heterocycles. The van der Waals surface area contributed by atoms with E-state index in [1.807, 2.05) is 0 Å². The van der Waals surface area contributed by atoms with E-state index in [4.69, 9.17) is 0 Å². The number of carbonyl (C=O) groups excluding carboxylic acids is 1. The number of aliphatic hydroxyl groups excluding tert-OH is 1. The molecule has 0 fully saturated rings. The van der Waals surface area contributed by atoms with Crippen molar-refractivity contribution in [1.29, 1.82) is 0 Å². The van der Waals surface area contributed by atoms with Crippen molar-refractivity contribution in [3.05, 3.63) is 83.5 Å². The fourth-order valence-electron chi connectivity index (χ4n) is 2.75. The molecule has 7 heteroatoms. The molecule has 0 aliphatic carbocycles. The fourth-order valence-corrected chi connectivity index (χ4v) is 2.93. The van der Waals surface area contributed by atoms with Gasteiger partial charge in [-0.15, -0.1) is 0 Å². The molecule has 1 aromatic rings. The topological polar surface area (TPSA) is 84.2 Å². The Kier molecular flexibility index (Phi) is 16.2. The Morgan fingerprint density at radius 3 is 2.09 bits per heavy atom. The summed E-state index contributed by atoms with van der Waals surface area (Å²) in [5.74, 6) is 0.0903. The summed E-state index contributed by atoms with van der Waals surface area (Å²) in [6, 6.07) is 1.48. The van der Waals surface area contributed by atoms with Gasteiger partial charge in [0.15, 0.2) is 0 Å². The smallest absolute Gasteiger partial charge is 0.351 e. The normalized spacial score (nSPS) is 13.3. The van der Waals surface area contributed by atoms with Gasteiger partial charge in [0, 0.05) is 18.4 Å². The van der Waals surface area contributed by atoms with Crippen LogP contribution in [0.1, 0.15) is 64.5 Å². The van der Waals surface area contributed by atoms with Gasteiger partial charge in [0.25, 0.3) is 0 Å². The molecule has 0 bridgehead atoms. The molecule has 0 aromatic carbocycles. The molecule has 33 heavy (non-hydrogen) atoms. The van der Waals surface area contributed by atoms with Gasteiger partial charge in [-0.3, -0.25) is 9.36 Å². The number of hydrogen-bond donors (Lipinski definition) is 3. The lowest BCUT2D eigenvalue weighted by Crippen LogP contribution is -2.28. The van der Waals surface area contributed by atoms with Crippen molar-refractivity contribution in [2.45, 2.75) is 64.5 Å². The number of carbonyl (C=O) groups is 1. The van der Waals surface area contributed by atoms with Crippen LogP contribution in [0.3, 0.4) is 0 Å². The first-order chi connectivity index (χ1) is 16.1. The predicted octanol–water partition coefficient (Wildman–Crippen LogP) is 5.52. The van der Waals surface area contributed by atoms with Gasteiger partial charge in [-0.1, -0.05) is 67.7 Å². The molecule has 0 saturated carbocycles. The van der Waals surface area contributed by atoms with Crippen LogP contribution in [0.25, 0.3) is 0 Å². The van der Waals surface area contributed by atoms with E-state index in [-0.39, 0.29) is 17.5 Å². The molecule has 1 heterocycles. The zero-order valence-electron chi connectivity index (χ0n) is 19.5. The molecule has 1 unspecified atom stereocenters. The Morgan fingerprint density at radius 1 is 1.03 bits per heavy atom. The highest BCUT2D eigenvalue weighted by atomic mass is 32.1. The highest BCUT2D eigenvalue weighted by Gasteiger charge is 2.09. The monoisotopic (exact) mass is 471 g/mol. The van der Waals surface area contributed by atoms with Gasteiger partial charge in [0.1, 0.15) is 12.0 Å². The Labute approximate surface area is 202 Å². The third-order valence-corrected chi connectivity index (χ3v) is 4.84. The summed E-state index contributed by atoms with van der Waals surface area (Å²) < 4.78 is 1.06. The van der Waals surface area contributed by atoms with Crippen LogP contribution < -0.4 is 11.0 Å². The number of allylic oxidation sites excluding steroid dienone is 10. The van der Waals surface area contributed by atoms with E-state index in [0.29, 0.717) is 12.8 Å². The summed E-state index contributed by atoms with van der Waals surface area (Å²) in [7, 11) is 0. The number of aliphatic hydroxyl groups is 1. The van der Waals surface area contributed by atoms with Gasteiger partial charge in [-0.05, 0) is 51.0 Å². The summed E-state index contributed by atoms with van der Waals surface area (Å²) in [4.78, 5) is 27.6. The quantitative estimate of drug-likeness (QED) is 0.168. The minimum atomic E-state index is -1.04. The molecule has 0 aliphatic rings. The minimum Gasteiger partial charge on any atom is -0.372 e. The second-order valence-corrected chi connectivity index (χ2v) is 7.68. The molecule has 180 valence electrons. The third kappa shape index (κ3) is 14.2. The lowest BCUT2D eigenvalue weighted by Gasteiger charge is -2.11. The average molecular weight is 472 g/mol. The van der Waals surface area contributed by atoms with Crippen LogP contribution in [0.5, 0.6) is 0 Å². The van der Waals surface area contributed by atoms with E-state index in [1.54, 1.807) is 0 Å². The van der Waals surface area contributed by atoms with E-state index in [9.17, 15) is 14.7 Å². The highest BCUT2D eigenvalue weighted by molar-refractivity contribution is 7.80. The maximum absolute atomic E-state index is 12.0. The van der Waals surface area contributed by atoms with Crippen LogP contribution in [0.4, 0.5) is 5.82 Å². The lowest BCUT2D eigenvalue weighted by atomic mass is 10.2. The highest BCUT2D eigenvalue weighted by Crippen LogP contribution is 2.06. The van der Waals surface area contributed by atoms with E-state index in [1.165, 1.54) is 12.3 Å². The number of aromatic nitrogens is 2. The number of nitrogens with zero attached hydrogens (tertiary/aromatic N) is 2. The summed E-state index contributed by atoms with van der Waals surface area (Å²) in [5.41, 5.74) is -0.631. The van der Waals surface area contributed by atoms with Crippen LogP contribution in [0, 0.1) is 0 Å². The molecule has 0 saturated heterocycles. The van der Waals surface area contributed by atoms with E-state index in [2.05, 4.69) is 90.6 Å². The van der Waals surface area contributed by atoms with Crippen LogP contribution in [0.15, 0.2) is 77.8 Å². The Bertz CT molecular complexity index is 885. The summed E-state index contributed by atoms with van der Waals surface area (Å²) in [5, 5.41) is 12.2. The van der Waals surface area contributed by atoms with E-state index >= 15 is 0 Å². The molecule has 1 atom stereocenters. The minimum absolute atomic E-state index is 0.100. The maximum atomic E-state index is 12.0. The number of thiol groups is 1. The number of unbranched alkanes of at least 4 members (excludes halogenated alkanes) is 1. The molecule has 6 nitrogen and oxygen atoms in total. The van der Waals surface area contributed by atoms with Gasteiger partial charge in [0.05, 0.1) is 0 Å². The number of nitrogens with one attached hydrogen (secondary N) is 1. The SMILES string of the molecule is CC/C=C\C/C=C\C/C=C\C/C=C\C/C=C\CCCC(=O)Nc1ccn(C(O)CS)c(=O)n1. The van der Waals surface area contributed by atoms with Crippen molar-refractivity contribution in [1.82, 2.24) is 9.55 Å². The van der Waals surface area contributed by atoms with Crippen molar-refractivity contribution in [2.24, 2.45) is 0 Å².